The summed E-state index contributed by atoms with van der Waals surface area (Å²) in [6.07, 6.45) is 5.70. The van der Waals surface area contributed by atoms with Crippen LogP contribution >= 0.6 is 0 Å². The standard InChI is InChI=1S/C18H31NO2/c1-3-5-6-10-14-21-15-13-18(16-20,19-4-2)17-11-8-7-9-12-17/h7-9,11-12,19-20H,3-6,10,13-16H2,1-2H3. The summed E-state index contributed by atoms with van der Waals surface area (Å²) in [7, 11) is 0. The molecule has 0 heterocycles. The Hall–Kier alpha value is -0.900. The van der Waals surface area contributed by atoms with E-state index in [9.17, 15) is 5.11 Å². The maximum absolute atomic E-state index is 9.92. The van der Waals surface area contributed by atoms with Crippen LogP contribution in [0.1, 0.15) is 51.5 Å². The van der Waals surface area contributed by atoms with Crippen molar-refractivity contribution in [3.63, 3.8) is 0 Å². The van der Waals surface area contributed by atoms with E-state index in [1.54, 1.807) is 0 Å². The van der Waals surface area contributed by atoms with Gasteiger partial charge in [-0.2, -0.15) is 0 Å². The van der Waals surface area contributed by atoms with Crippen molar-refractivity contribution in [1.82, 2.24) is 5.32 Å². The molecule has 0 fully saturated rings. The lowest BCUT2D eigenvalue weighted by Crippen LogP contribution is -2.46. The molecule has 3 nitrogen and oxygen atoms in total. The minimum Gasteiger partial charge on any atom is -0.394 e. The number of hydrogen-bond acceptors (Lipinski definition) is 3. The van der Waals surface area contributed by atoms with Crippen molar-refractivity contribution < 1.29 is 9.84 Å². The number of aliphatic hydroxyl groups is 1. The zero-order valence-electron chi connectivity index (χ0n) is 13.6. The number of unbranched alkanes of at least 4 members (excludes halogenated alkanes) is 3. The number of benzene rings is 1. The van der Waals surface area contributed by atoms with Crippen LogP contribution in [0.3, 0.4) is 0 Å². The molecular weight excluding hydrogens is 262 g/mol. The second-order valence-corrected chi connectivity index (χ2v) is 5.56. The van der Waals surface area contributed by atoms with Gasteiger partial charge in [-0.1, -0.05) is 63.4 Å². The summed E-state index contributed by atoms with van der Waals surface area (Å²) in [5.41, 5.74) is 0.739. The van der Waals surface area contributed by atoms with Crippen molar-refractivity contribution in [1.29, 1.82) is 0 Å². The fourth-order valence-corrected chi connectivity index (χ4v) is 2.64. The smallest absolute Gasteiger partial charge is 0.0691 e. The van der Waals surface area contributed by atoms with Crippen LogP contribution in [0.15, 0.2) is 30.3 Å². The Balaban J connectivity index is 2.47. The van der Waals surface area contributed by atoms with Crippen LogP contribution in [-0.4, -0.2) is 31.5 Å². The van der Waals surface area contributed by atoms with Crippen molar-refractivity contribution in [3.05, 3.63) is 35.9 Å². The SMILES string of the molecule is CCCCCCOCCC(CO)(NCC)c1ccccc1. The molecule has 0 radical (unpaired) electrons. The lowest BCUT2D eigenvalue weighted by molar-refractivity contribution is 0.0776. The highest BCUT2D eigenvalue weighted by Gasteiger charge is 2.29. The van der Waals surface area contributed by atoms with Crippen LogP contribution in [-0.2, 0) is 10.3 Å². The molecule has 0 aromatic heterocycles. The molecule has 1 rings (SSSR count). The van der Waals surface area contributed by atoms with Gasteiger partial charge in [-0.3, -0.25) is 0 Å². The summed E-state index contributed by atoms with van der Waals surface area (Å²) in [5, 5.41) is 13.4. The molecule has 0 spiro atoms. The van der Waals surface area contributed by atoms with E-state index >= 15 is 0 Å². The topological polar surface area (TPSA) is 41.5 Å². The third kappa shape index (κ3) is 6.16. The number of nitrogens with one attached hydrogen (secondary N) is 1. The van der Waals surface area contributed by atoms with Gasteiger partial charge in [0.2, 0.25) is 0 Å². The largest absolute Gasteiger partial charge is 0.394 e. The van der Waals surface area contributed by atoms with Crippen LogP contribution in [0.4, 0.5) is 0 Å². The summed E-state index contributed by atoms with van der Waals surface area (Å²) in [6, 6.07) is 10.2. The minimum atomic E-state index is -0.389. The van der Waals surface area contributed by atoms with E-state index in [2.05, 4.69) is 31.3 Å². The summed E-state index contributed by atoms with van der Waals surface area (Å²) < 4.78 is 5.75. The Kier molecular flexibility index (Phi) is 9.31. The van der Waals surface area contributed by atoms with Crippen LogP contribution in [0.25, 0.3) is 0 Å². The molecule has 21 heavy (non-hydrogen) atoms. The van der Waals surface area contributed by atoms with E-state index in [4.69, 9.17) is 4.74 Å². The Bertz CT molecular complexity index is 355. The molecule has 1 unspecified atom stereocenters. The number of ether oxygens (including phenoxy) is 1. The molecule has 0 aliphatic heterocycles. The van der Waals surface area contributed by atoms with Crippen molar-refractivity contribution >= 4 is 0 Å². The highest BCUT2D eigenvalue weighted by atomic mass is 16.5. The molecule has 0 saturated heterocycles. The van der Waals surface area contributed by atoms with E-state index < -0.39 is 0 Å². The molecule has 0 aliphatic carbocycles. The second kappa shape index (κ2) is 10.8. The van der Waals surface area contributed by atoms with E-state index in [-0.39, 0.29) is 12.1 Å². The summed E-state index contributed by atoms with van der Waals surface area (Å²) >= 11 is 0. The molecule has 3 heteroatoms. The predicted octanol–water partition coefficient (Wildman–Crippen LogP) is 3.47. The molecule has 0 aliphatic rings. The van der Waals surface area contributed by atoms with Crippen LogP contribution in [0.2, 0.25) is 0 Å². The number of hydrogen-bond donors (Lipinski definition) is 2. The zero-order chi connectivity index (χ0) is 15.4. The quantitative estimate of drug-likeness (QED) is 0.580. The van der Waals surface area contributed by atoms with Gasteiger partial charge >= 0.3 is 0 Å². The summed E-state index contributed by atoms with van der Waals surface area (Å²) in [4.78, 5) is 0. The van der Waals surface area contributed by atoms with Crippen molar-refractivity contribution in [2.24, 2.45) is 0 Å². The zero-order valence-corrected chi connectivity index (χ0v) is 13.6. The van der Waals surface area contributed by atoms with Crippen molar-refractivity contribution in [2.45, 2.75) is 51.5 Å². The van der Waals surface area contributed by atoms with E-state index in [1.165, 1.54) is 19.3 Å². The molecule has 1 aromatic rings. The van der Waals surface area contributed by atoms with Crippen molar-refractivity contribution in [2.75, 3.05) is 26.4 Å². The number of rotatable bonds is 12. The lowest BCUT2D eigenvalue weighted by atomic mass is 9.87. The Morgan fingerprint density at radius 3 is 2.43 bits per heavy atom. The predicted molar refractivity (Wildman–Crippen MR) is 88.5 cm³/mol. The number of likely N-dealkylation sites (N-methyl/N-ethyl adjacent to an activating group) is 1. The van der Waals surface area contributed by atoms with Crippen molar-refractivity contribution in [3.8, 4) is 0 Å². The van der Waals surface area contributed by atoms with Gasteiger partial charge in [-0.05, 0) is 24.9 Å². The maximum atomic E-state index is 9.92. The normalized spacial score (nSPS) is 14.0. The lowest BCUT2D eigenvalue weighted by Gasteiger charge is -2.33. The molecule has 0 amide bonds. The Morgan fingerprint density at radius 2 is 1.81 bits per heavy atom. The maximum Gasteiger partial charge on any atom is 0.0691 e. The van der Waals surface area contributed by atoms with E-state index in [1.807, 2.05) is 18.2 Å². The van der Waals surface area contributed by atoms with Gasteiger partial charge in [0.05, 0.1) is 12.1 Å². The van der Waals surface area contributed by atoms with Gasteiger partial charge < -0.3 is 15.2 Å². The number of aliphatic hydroxyl groups excluding tert-OH is 1. The Labute approximate surface area is 129 Å². The fourth-order valence-electron chi connectivity index (χ4n) is 2.64. The average molecular weight is 293 g/mol. The van der Waals surface area contributed by atoms with Gasteiger partial charge in [-0.15, -0.1) is 0 Å². The summed E-state index contributed by atoms with van der Waals surface area (Å²) in [5.74, 6) is 0. The van der Waals surface area contributed by atoms with Crippen LogP contribution in [0, 0.1) is 0 Å². The third-order valence-corrected chi connectivity index (χ3v) is 3.93. The van der Waals surface area contributed by atoms with Gasteiger partial charge in [0.15, 0.2) is 0 Å². The Morgan fingerprint density at radius 1 is 1.05 bits per heavy atom. The highest BCUT2D eigenvalue weighted by Crippen LogP contribution is 2.24. The summed E-state index contributed by atoms with van der Waals surface area (Å²) in [6.45, 7) is 6.69. The van der Waals surface area contributed by atoms with Gasteiger partial charge in [-0.25, -0.2) is 0 Å². The highest BCUT2D eigenvalue weighted by molar-refractivity contribution is 5.24. The first kappa shape index (κ1) is 18.1. The average Bonchev–Trinajstić information content (AvgIpc) is 2.54. The first-order valence-corrected chi connectivity index (χ1v) is 8.28. The molecule has 1 aromatic carbocycles. The van der Waals surface area contributed by atoms with E-state index in [0.717, 1.165) is 31.6 Å². The first-order chi connectivity index (χ1) is 10.3. The monoisotopic (exact) mass is 293 g/mol. The van der Waals surface area contributed by atoms with Crippen LogP contribution in [0.5, 0.6) is 0 Å². The molecule has 2 N–H and O–H groups in total. The van der Waals surface area contributed by atoms with Crippen LogP contribution < -0.4 is 5.32 Å². The molecule has 1 atom stereocenters. The fraction of sp³-hybridized carbons (Fsp3) is 0.667. The minimum absolute atomic E-state index is 0.0873. The molecular formula is C18H31NO2. The van der Waals surface area contributed by atoms with E-state index in [0.29, 0.717) is 6.61 Å². The van der Waals surface area contributed by atoms with Gasteiger partial charge in [0, 0.05) is 13.2 Å². The molecule has 120 valence electrons. The third-order valence-electron chi connectivity index (χ3n) is 3.93. The van der Waals surface area contributed by atoms with Gasteiger partial charge in [0.25, 0.3) is 0 Å². The van der Waals surface area contributed by atoms with Gasteiger partial charge in [0.1, 0.15) is 0 Å². The second-order valence-electron chi connectivity index (χ2n) is 5.56. The molecule has 0 bridgehead atoms. The molecule has 0 saturated carbocycles. The first-order valence-electron chi connectivity index (χ1n) is 8.28.